The fraction of sp³-hybridized carbons (Fsp3) is 0.438. The van der Waals surface area contributed by atoms with Gasteiger partial charge in [0.15, 0.2) is 0 Å². The number of rotatable bonds is 6. The lowest BCUT2D eigenvalue weighted by atomic mass is 10.1. The van der Waals surface area contributed by atoms with E-state index < -0.39 is 10.0 Å². The number of aromatic nitrogens is 2. The molecular weight excluding hydrogens is 312 g/mol. The van der Waals surface area contributed by atoms with Gasteiger partial charge in [0.05, 0.1) is 6.20 Å². The third-order valence-electron chi connectivity index (χ3n) is 4.22. The Labute approximate surface area is 137 Å². The lowest BCUT2D eigenvalue weighted by Gasteiger charge is -2.28. The van der Waals surface area contributed by atoms with E-state index in [1.165, 1.54) is 29.9 Å². The molecule has 0 spiro atoms. The van der Waals surface area contributed by atoms with Crippen LogP contribution in [0, 0.1) is 0 Å². The van der Waals surface area contributed by atoms with Crippen LogP contribution in [0.5, 0.6) is 0 Å². The SMILES string of the molecule is Cn1cc(S(=O)(=O)NCC(c2ccccc2)N2CCCC2)cn1. The van der Waals surface area contributed by atoms with E-state index in [9.17, 15) is 8.42 Å². The lowest BCUT2D eigenvalue weighted by Crippen LogP contribution is -2.36. The van der Waals surface area contributed by atoms with Crippen LogP contribution in [-0.4, -0.2) is 42.7 Å². The van der Waals surface area contributed by atoms with Crippen molar-refractivity contribution >= 4 is 10.0 Å². The van der Waals surface area contributed by atoms with Crippen LogP contribution in [-0.2, 0) is 17.1 Å². The maximum Gasteiger partial charge on any atom is 0.243 e. The molecule has 1 aliphatic rings. The molecule has 0 amide bonds. The monoisotopic (exact) mass is 334 g/mol. The van der Waals surface area contributed by atoms with Crippen LogP contribution >= 0.6 is 0 Å². The summed E-state index contributed by atoms with van der Waals surface area (Å²) < 4.78 is 29.1. The van der Waals surface area contributed by atoms with Crippen molar-refractivity contribution in [1.29, 1.82) is 0 Å². The molecule has 2 heterocycles. The minimum Gasteiger partial charge on any atom is -0.295 e. The van der Waals surface area contributed by atoms with E-state index in [4.69, 9.17) is 0 Å². The van der Waals surface area contributed by atoms with Crippen LogP contribution in [0.3, 0.4) is 0 Å². The Bertz CT molecular complexity index is 736. The molecule has 2 aromatic rings. The van der Waals surface area contributed by atoms with Gasteiger partial charge in [-0.05, 0) is 31.5 Å². The molecule has 6 nitrogen and oxygen atoms in total. The Morgan fingerprint density at radius 1 is 1.22 bits per heavy atom. The molecule has 1 N–H and O–H groups in total. The number of hydrogen-bond acceptors (Lipinski definition) is 4. The first-order valence-corrected chi connectivity index (χ1v) is 9.32. The van der Waals surface area contributed by atoms with E-state index in [2.05, 4.69) is 26.9 Å². The van der Waals surface area contributed by atoms with Gasteiger partial charge in [-0.3, -0.25) is 9.58 Å². The van der Waals surface area contributed by atoms with Gasteiger partial charge in [-0.25, -0.2) is 13.1 Å². The highest BCUT2D eigenvalue weighted by molar-refractivity contribution is 7.89. The standard InChI is InChI=1S/C16H22N4O2S/c1-19-13-15(11-17-19)23(21,22)18-12-16(20-9-5-6-10-20)14-7-3-2-4-8-14/h2-4,7-8,11,13,16,18H,5-6,9-10,12H2,1H3. The highest BCUT2D eigenvalue weighted by Gasteiger charge is 2.25. The van der Waals surface area contributed by atoms with Gasteiger partial charge in [0.1, 0.15) is 4.90 Å². The number of sulfonamides is 1. The highest BCUT2D eigenvalue weighted by atomic mass is 32.2. The normalized spacial score (nSPS) is 17.4. The number of nitrogens with zero attached hydrogens (tertiary/aromatic N) is 3. The summed E-state index contributed by atoms with van der Waals surface area (Å²) in [6, 6.07) is 10.1. The van der Waals surface area contributed by atoms with Crippen molar-refractivity contribution < 1.29 is 8.42 Å². The van der Waals surface area contributed by atoms with Crippen molar-refractivity contribution in [1.82, 2.24) is 19.4 Å². The van der Waals surface area contributed by atoms with E-state index in [1.807, 2.05) is 18.2 Å². The zero-order chi connectivity index (χ0) is 16.3. The molecule has 1 aliphatic heterocycles. The summed E-state index contributed by atoms with van der Waals surface area (Å²) in [5.74, 6) is 0. The molecule has 3 rings (SSSR count). The number of benzene rings is 1. The van der Waals surface area contributed by atoms with Gasteiger partial charge in [0.25, 0.3) is 0 Å². The first-order chi connectivity index (χ1) is 11.1. The largest absolute Gasteiger partial charge is 0.295 e. The molecule has 1 unspecified atom stereocenters. The summed E-state index contributed by atoms with van der Waals surface area (Å²) in [7, 11) is -1.83. The average Bonchev–Trinajstić information content (AvgIpc) is 3.20. The summed E-state index contributed by atoms with van der Waals surface area (Å²) in [4.78, 5) is 2.55. The van der Waals surface area contributed by atoms with Gasteiger partial charge in [-0.15, -0.1) is 0 Å². The maximum absolute atomic E-state index is 12.4. The topological polar surface area (TPSA) is 67.2 Å². The van der Waals surface area contributed by atoms with E-state index in [1.54, 1.807) is 7.05 Å². The second-order valence-electron chi connectivity index (χ2n) is 5.87. The number of likely N-dealkylation sites (tertiary alicyclic amines) is 1. The van der Waals surface area contributed by atoms with Gasteiger partial charge in [-0.1, -0.05) is 30.3 Å². The van der Waals surface area contributed by atoms with E-state index in [-0.39, 0.29) is 10.9 Å². The maximum atomic E-state index is 12.4. The molecule has 23 heavy (non-hydrogen) atoms. The molecule has 1 fully saturated rings. The first kappa shape index (κ1) is 16.2. The van der Waals surface area contributed by atoms with Crippen LogP contribution in [0.15, 0.2) is 47.6 Å². The van der Waals surface area contributed by atoms with E-state index in [0.29, 0.717) is 6.54 Å². The number of nitrogens with one attached hydrogen (secondary N) is 1. The fourth-order valence-corrected chi connectivity index (χ4v) is 4.02. The predicted octanol–water partition coefficient (Wildman–Crippen LogP) is 1.54. The Morgan fingerprint density at radius 3 is 2.52 bits per heavy atom. The zero-order valence-electron chi connectivity index (χ0n) is 13.2. The molecule has 1 aromatic carbocycles. The molecule has 0 saturated carbocycles. The molecule has 7 heteroatoms. The Hall–Kier alpha value is -1.70. The first-order valence-electron chi connectivity index (χ1n) is 7.83. The summed E-state index contributed by atoms with van der Waals surface area (Å²) in [6.07, 6.45) is 5.21. The third kappa shape index (κ3) is 3.80. The molecule has 0 bridgehead atoms. The molecule has 1 saturated heterocycles. The summed E-state index contributed by atoms with van der Waals surface area (Å²) in [5.41, 5.74) is 1.14. The van der Waals surface area contributed by atoms with Crippen molar-refractivity contribution in [3.05, 3.63) is 48.3 Å². The smallest absolute Gasteiger partial charge is 0.243 e. The quantitative estimate of drug-likeness (QED) is 0.870. The van der Waals surface area contributed by atoms with E-state index >= 15 is 0 Å². The molecule has 124 valence electrons. The second-order valence-corrected chi connectivity index (χ2v) is 7.64. The van der Waals surface area contributed by atoms with Gasteiger partial charge in [-0.2, -0.15) is 5.10 Å². The highest BCUT2D eigenvalue weighted by Crippen LogP contribution is 2.24. The van der Waals surface area contributed by atoms with Gasteiger partial charge in [0.2, 0.25) is 10.0 Å². The van der Waals surface area contributed by atoms with Crippen molar-refractivity contribution in [2.24, 2.45) is 7.05 Å². The molecule has 1 aromatic heterocycles. The zero-order valence-corrected chi connectivity index (χ0v) is 14.0. The van der Waals surface area contributed by atoms with Gasteiger partial charge >= 0.3 is 0 Å². The lowest BCUT2D eigenvalue weighted by molar-refractivity contribution is 0.246. The summed E-state index contributed by atoms with van der Waals surface area (Å²) in [5, 5.41) is 3.93. The van der Waals surface area contributed by atoms with E-state index in [0.717, 1.165) is 18.7 Å². The Morgan fingerprint density at radius 2 is 1.91 bits per heavy atom. The molecule has 0 radical (unpaired) electrons. The van der Waals surface area contributed by atoms with Crippen LogP contribution in [0.25, 0.3) is 0 Å². The van der Waals surface area contributed by atoms with Crippen molar-refractivity contribution in [2.45, 2.75) is 23.8 Å². The van der Waals surface area contributed by atoms with Crippen LogP contribution in [0.1, 0.15) is 24.4 Å². The number of hydrogen-bond donors (Lipinski definition) is 1. The fourth-order valence-electron chi connectivity index (χ4n) is 3.00. The number of aryl methyl sites for hydroxylation is 1. The van der Waals surface area contributed by atoms with Crippen molar-refractivity contribution in [3.8, 4) is 0 Å². The molecule has 0 aliphatic carbocycles. The van der Waals surface area contributed by atoms with Gasteiger partial charge in [0, 0.05) is 25.8 Å². The minimum absolute atomic E-state index is 0.0603. The molecular formula is C16H22N4O2S. The third-order valence-corrected chi connectivity index (χ3v) is 5.60. The van der Waals surface area contributed by atoms with Crippen molar-refractivity contribution in [2.75, 3.05) is 19.6 Å². The Balaban J connectivity index is 1.76. The van der Waals surface area contributed by atoms with Crippen LogP contribution in [0.2, 0.25) is 0 Å². The van der Waals surface area contributed by atoms with Crippen LogP contribution < -0.4 is 4.72 Å². The Kier molecular flexibility index (Phi) is 4.79. The summed E-state index contributed by atoms with van der Waals surface area (Å²) in [6.45, 7) is 2.38. The predicted molar refractivity (Wildman–Crippen MR) is 88.4 cm³/mol. The molecule has 1 atom stereocenters. The van der Waals surface area contributed by atoms with Crippen LogP contribution in [0.4, 0.5) is 0 Å². The average molecular weight is 334 g/mol. The van der Waals surface area contributed by atoms with Gasteiger partial charge < -0.3 is 0 Å². The second kappa shape index (κ2) is 6.82. The summed E-state index contributed by atoms with van der Waals surface area (Å²) >= 11 is 0. The van der Waals surface area contributed by atoms with Crippen molar-refractivity contribution in [3.63, 3.8) is 0 Å². The minimum atomic E-state index is -3.53.